The molecule has 0 spiro atoms. The first-order chi connectivity index (χ1) is 9.78. The predicted octanol–water partition coefficient (Wildman–Crippen LogP) is 3.45. The summed E-state index contributed by atoms with van der Waals surface area (Å²) in [6.45, 7) is 2.40. The molecule has 1 heterocycles. The van der Waals surface area contributed by atoms with Gasteiger partial charge < -0.3 is 4.90 Å². The van der Waals surface area contributed by atoms with Crippen LogP contribution in [0.1, 0.15) is 30.0 Å². The molecule has 0 N–H and O–H groups in total. The third-order valence-corrected chi connectivity index (χ3v) is 3.97. The lowest BCUT2D eigenvalue weighted by Gasteiger charge is -2.37. The van der Waals surface area contributed by atoms with Crippen LogP contribution in [-0.2, 0) is 19.5 Å². The molecule has 0 amide bonds. The van der Waals surface area contributed by atoms with Crippen molar-refractivity contribution >= 4 is 0 Å². The van der Waals surface area contributed by atoms with Crippen molar-refractivity contribution in [2.24, 2.45) is 0 Å². The normalized spacial score (nSPS) is 19.9. The Morgan fingerprint density at radius 1 is 1.24 bits per heavy atom. The largest absolute Gasteiger partial charge is 0.401 e. The van der Waals surface area contributed by atoms with E-state index < -0.39 is 12.7 Å². The quantitative estimate of drug-likeness (QED) is 0.840. The molecule has 2 nitrogen and oxygen atoms in total. The van der Waals surface area contributed by atoms with E-state index in [4.69, 9.17) is 0 Å². The maximum Gasteiger partial charge on any atom is 0.401 e. The van der Waals surface area contributed by atoms with Crippen molar-refractivity contribution in [1.29, 1.82) is 0 Å². The van der Waals surface area contributed by atoms with E-state index in [-0.39, 0.29) is 6.04 Å². The maximum atomic E-state index is 12.7. The second kappa shape index (κ2) is 6.36. The molecule has 1 aromatic carbocycles. The Balaban J connectivity index is 2.18. The Labute approximate surface area is 124 Å². The zero-order valence-electron chi connectivity index (χ0n) is 12.9. The molecule has 5 heteroatoms. The maximum absolute atomic E-state index is 12.7. The molecule has 0 aromatic heterocycles. The van der Waals surface area contributed by atoms with E-state index in [0.29, 0.717) is 13.0 Å². The molecule has 0 radical (unpaired) electrons. The Kier molecular flexibility index (Phi) is 4.94. The second-order valence-electron chi connectivity index (χ2n) is 6.13. The number of benzene rings is 1. The minimum Gasteiger partial charge on any atom is -0.305 e. The summed E-state index contributed by atoms with van der Waals surface area (Å²) in [5, 5.41) is 0. The molecule has 0 aliphatic carbocycles. The van der Waals surface area contributed by atoms with Gasteiger partial charge >= 0.3 is 6.18 Å². The average Bonchev–Trinajstić information content (AvgIpc) is 2.35. The molecule has 1 atom stereocenters. The van der Waals surface area contributed by atoms with Crippen LogP contribution in [0, 0.1) is 0 Å². The van der Waals surface area contributed by atoms with Gasteiger partial charge in [-0.1, -0.05) is 25.1 Å². The van der Waals surface area contributed by atoms with Gasteiger partial charge in [0, 0.05) is 19.1 Å². The summed E-state index contributed by atoms with van der Waals surface area (Å²) in [4.78, 5) is 3.66. The number of fused-ring (bicyclic) bond motifs is 1. The highest BCUT2D eigenvalue weighted by atomic mass is 19.4. The van der Waals surface area contributed by atoms with Crippen molar-refractivity contribution < 1.29 is 13.2 Å². The highest BCUT2D eigenvalue weighted by Gasteiger charge is 2.35. The molecule has 118 valence electrons. The Hall–Kier alpha value is -1.07. The van der Waals surface area contributed by atoms with E-state index in [1.54, 1.807) is 4.90 Å². The van der Waals surface area contributed by atoms with Gasteiger partial charge in [0.05, 0.1) is 6.54 Å². The average molecular weight is 300 g/mol. The number of nitrogens with zero attached hydrogens (tertiary/aromatic N) is 2. The van der Waals surface area contributed by atoms with E-state index in [0.717, 1.165) is 18.5 Å². The van der Waals surface area contributed by atoms with Crippen molar-refractivity contribution in [3.05, 3.63) is 34.9 Å². The Morgan fingerprint density at radius 2 is 1.95 bits per heavy atom. The lowest BCUT2D eigenvalue weighted by molar-refractivity contribution is -0.153. The van der Waals surface area contributed by atoms with Gasteiger partial charge in [-0.2, -0.15) is 13.2 Å². The molecule has 1 aliphatic heterocycles. The predicted molar refractivity (Wildman–Crippen MR) is 78.1 cm³/mol. The minimum absolute atomic E-state index is 0.0197. The number of rotatable bonds is 4. The van der Waals surface area contributed by atoms with Gasteiger partial charge in [0.15, 0.2) is 0 Å². The van der Waals surface area contributed by atoms with Crippen LogP contribution < -0.4 is 0 Å². The molecule has 2 rings (SSSR count). The van der Waals surface area contributed by atoms with E-state index in [1.807, 2.05) is 33.2 Å². The number of halogens is 3. The first-order valence-electron chi connectivity index (χ1n) is 7.34. The van der Waals surface area contributed by atoms with Crippen LogP contribution in [0.3, 0.4) is 0 Å². The molecule has 1 aromatic rings. The van der Waals surface area contributed by atoms with Gasteiger partial charge in [-0.15, -0.1) is 0 Å². The van der Waals surface area contributed by atoms with Crippen LogP contribution in [0.15, 0.2) is 18.2 Å². The van der Waals surface area contributed by atoms with E-state index in [9.17, 15) is 13.2 Å². The van der Waals surface area contributed by atoms with Crippen LogP contribution in [0.5, 0.6) is 0 Å². The van der Waals surface area contributed by atoms with Crippen molar-refractivity contribution in [1.82, 2.24) is 9.80 Å². The smallest absolute Gasteiger partial charge is 0.305 e. The van der Waals surface area contributed by atoms with Crippen molar-refractivity contribution in [2.45, 2.75) is 45.1 Å². The van der Waals surface area contributed by atoms with Crippen molar-refractivity contribution in [3.8, 4) is 0 Å². The summed E-state index contributed by atoms with van der Waals surface area (Å²) in [5.74, 6) is 0. The minimum atomic E-state index is -4.13. The highest BCUT2D eigenvalue weighted by Crippen LogP contribution is 2.29. The number of alkyl halides is 3. The topological polar surface area (TPSA) is 6.48 Å². The van der Waals surface area contributed by atoms with Gasteiger partial charge in [0.25, 0.3) is 0 Å². The van der Waals surface area contributed by atoms with Gasteiger partial charge in [0.2, 0.25) is 0 Å². The summed E-state index contributed by atoms with van der Waals surface area (Å²) >= 11 is 0. The molecule has 0 fully saturated rings. The third-order valence-electron chi connectivity index (χ3n) is 3.97. The molecule has 1 unspecified atom stereocenters. The van der Waals surface area contributed by atoms with E-state index >= 15 is 0 Å². The molecule has 1 aliphatic rings. The van der Waals surface area contributed by atoms with Crippen molar-refractivity contribution in [3.63, 3.8) is 0 Å². The second-order valence-corrected chi connectivity index (χ2v) is 6.13. The third kappa shape index (κ3) is 4.45. The fraction of sp³-hybridized carbons (Fsp3) is 0.625. The van der Waals surface area contributed by atoms with Gasteiger partial charge in [-0.25, -0.2) is 0 Å². The SMILES string of the molecule is CCC1Cc2cc(CN(C)C)ccc2CN1CC(F)(F)F. The highest BCUT2D eigenvalue weighted by molar-refractivity contribution is 5.34. The number of hydrogen-bond donors (Lipinski definition) is 0. The van der Waals surface area contributed by atoms with Crippen LogP contribution in [0.4, 0.5) is 13.2 Å². The summed E-state index contributed by atoms with van der Waals surface area (Å²) in [6, 6.07) is 6.15. The molecule has 0 saturated heterocycles. The standard InChI is InChI=1S/C16H23F3N2/c1-4-15-8-14-7-12(9-20(2)3)5-6-13(14)10-21(15)11-16(17,18)19/h5-7,15H,4,8-11H2,1-3H3. The van der Waals surface area contributed by atoms with Gasteiger partial charge in [-0.3, -0.25) is 4.90 Å². The fourth-order valence-electron chi connectivity index (χ4n) is 3.04. The summed E-state index contributed by atoms with van der Waals surface area (Å²) < 4.78 is 38.1. The first-order valence-corrected chi connectivity index (χ1v) is 7.34. The lowest BCUT2D eigenvalue weighted by atomic mass is 9.91. The first kappa shape index (κ1) is 16.3. The Bertz CT molecular complexity index is 483. The van der Waals surface area contributed by atoms with Crippen LogP contribution >= 0.6 is 0 Å². The zero-order valence-corrected chi connectivity index (χ0v) is 12.9. The van der Waals surface area contributed by atoms with Crippen molar-refractivity contribution in [2.75, 3.05) is 20.6 Å². The summed E-state index contributed by atoms with van der Waals surface area (Å²) in [5.41, 5.74) is 3.46. The molecular weight excluding hydrogens is 277 g/mol. The zero-order chi connectivity index (χ0) is 15.6. The molecule has 0 saturated carbocycles. The van der Waals surface area contributed by atoms with Crippen LogP contribution in [-0.4, -0.2) is 42.7 Å². The van der Waals surface area contributed by atoms with E-state index in [2.05, 4.69) is 11.0 Å². The Morgan fingerprint density at radius 3 is 2.52 bits per heavy atom. The van der Waals surface area contributed by atoms with Gasteiger partial charge in [0.1, 0.15) is 0 Å². The molecular formula is C16H23F3N2. The molecule has 21 heavy (non-hydrogen) atoms. The van der Waals surface area contributed by atoms with Gasteiger partial charge in [-0.05, 0) is 43.6 Å². The summed E-state index contributed by atoms with van der Waals surface area (Å²) in [6.07, 6.45) is -2.67. The van der Waals surface area contributed by atoms with Crippen LogP contribution in [0.2, 0.25) is 0 Å². The monoisotopic (exact) mass is 300 g/mol. The summed E-state index contributed by atoms with van der Waals surface area (Å²) in [7, 11) is 4.03. The number of hydrogen-bond acceptors (Lipinski definition) is 2. The van der Waals surface area contributed by atoms with E-state index in [1.165, 1.54) is 11.1 Å². The fourth-order valence-corrected chi connectivity index (χ4v) is 3.04. The van der Waals surface area contributed by atoms with Crippen LogP contribution in [0.25, 0.3) is 0 Å². The molecule has 0 bridgehead atoms. The lowest BCUT2D eigenvalue weighted by Crippen LogP contribution is -2.45.